The molecule has 0 N–H and O–H groups in total. The first kappa shape index (κ1) is 24.2. The quantitative estimate of drug-likeness (QED) is 0.348. The number of aromatic nitrogens is 3. The number of hydrogen-bond donors (Lipinski definition) is 0. The van der Waals surface area contributed by atoms with Gasteiger partial charge in [-0.1, -0.05) is 82.3 Å². The molecule has 33 heavy (non-hydrogen) atoms. The Kier molecular flexibility index (Phi) is 8.42. The molecular weight excluding hydrogens is 406 g/mol. The number of hydrogen-bond acceptors (Lipinski definition) is 2. The van der Waals surface area contributed by atoms with Crippen LogP contribution in [-0.4, -0.2) is 14.3 Å². The molecule has 0 aliphatic rings. The zero-order chi connectivity index (χ0) is 23.8. The molecule has 4 aromatic rings. The molecule has 0 aliphatic carbocycles. The van der Waals surface area contributed by atoms with Crippen LogP contribution in [0.5, 0.6) is 0 Å². The average molecular weight is 442 g/mol. The Morgan fingerprint density at radius 2 is 1.30 bits per heavy atom. The largest absolute Gasteiger partial charge is 0.311 e. The lowest BCUT2D eigenvalue weighted by molar-refractivity contribution is 0.686. The molecule has 0 aliphatic heterocycles. The predicted octanol–water partition coefficient (Wildman–Crippen LogP) is 6.38. The highest BCUT2D eigenvalue weighted by atomic mass is 16.1. The number of pyridine rings is 1. The van der Waals surface area contributed by atoms with Gasteiger partial charge in [0, 0.05) is 18.5 Å². The topological polar surface area (TPSA) is 39.8 Å². The summed E-state index contributed by atoms with van der Waals surface area (Å²) >= 11 is 0. The van der Waals surface area contributed by atoms with Crippen molar-refractivity contribution in [2.24, 2.45) is 0 Å². The van der Waals surface area contributed by atoms with Crippen molar-refractivity contribution >= 4 is 0 Å². The zero-order valence-corrected chi connectivity index (χ0v) is 20.4. The highest BCUT2D eigenvalue weighted by Gasteiger charge is 2.01. The van der Waals surface area contributed by atoms with Gasteiger partial charge < -0.3 is 4.57 Å². The van der Waals surface area contributed by atoms with Crippen molar-refractivity contribution < 1.29 is 0 Å². The summed E-state index contributed by atoms with van der Waals surface area (Å²) in [4.78, 5) is 11.6. The Balaban J connectivity index is 0.000000186. The standard InChI is InChI=1S/C15H17NO.C14H18N2/c1-12(2)14-8-6-13(7-9-14)11-16-10-4-3-5-15(16)17;1-11(2)14-6-4-13(5-7-14)10-16-9-12(3)8-15-16/h3-10,12H,11H2,1-2H3;4-9,11H,10H2,1-3H3. The summed E-state index contributed by atoms with van der Waals surface area (Å²) in [7, 11) is 0. The van der Waals surface area contributed by atoms with E-state index in [0.717, 1.165) is 12.1 Å². The summed E-state index contributed by atoms with van der Waals surface area (Å²) in [6.45, 7) is 12.3. The van der Waals surface area contributed by atoms with Gasteiger partial charge in [-0.2, -0.15) is 5.10 Å². The lowest BCUT2D eigenvalue weighted by Gasteiger charge is -2.08. The van der Waals surface area contributed by atoms with E-state index >= 15 is 0 Å². The van der Waals surface area contributed by atoms with Crippen molar-refractivity contribution in [3.63, 3.8) is 0 Å². The van der Waals surface area contributed by atoms with Gasteiger partial charge in [0.15, 0.2) is 0 Å². The van der Waals surface area contributed by atoms with Crippen LogP contribution in [0.15, 0.2) is 90.1 Å². The van der Waals surface area contributed by atoms with E-state index in [1.807, 2.05) is 23.1 Å². The van der Waals surface area contributed by atoms with Gasteiger partial charge in [-0.25, -0.2) is 0 Å². The minimum absolute atomic E-state index is 0.0421. The van der Waals surface area contributed by atoms with E-state index in [0.29, 0.717) is 18.4 Å². The summed E-state index contributed by atoms with van der Waals surface area (Å²) in [5.41, 5.74) is 6.42. The highest BCUT2D eigenvalue weighted by Crippen LogP contribution is 2.16. The number of benzene rings is 2. The molecule has 0 amide bonds. The van der Waals surface area contributed by atoms with Crippen molar-refractivity contribution in [3.05, 3.63) is 123 Å². The van der Waals surface area contributed by atoms with E-state index < -0.39 is 0 Å². The van der Waals surface area contributed by atoms with Crippen molar-refractivity contribution in [1.82, 2.24) is 14.3 Å². The van der Waals surface area contributed by atoms with Gasteiger partial charge >= 0.3 is 0 Å². The molecule has 4 rings (SSSR count). The molecule has 0 saturated carbocycles. The van der Waals surface area contributed by atoms with Crippen LogP contribution >= 0.6 is 0 Å². The molecule has 172 valence electrons. The molecule has 0 saturated heterocycles. The molecular formula is C29H35N3O. The van der Waals surface area contributed by atoms with Gasteiger partial charge in [-0.3, -0.25) is 9.48 Å². The van der Waals surface area contributed by atoms with Crippen LogP contribution in [0, 0.1) is 6.92 Å². The van der Waals surface area contributed by atoms with E-state index in [2.05, 4.69) is 94.4 Å². The second-order valence-corrected chi connectivity index (χ2v) is 9.17. The molecule has 0 fully saturated rings. The minimum atomic E-state index is 0.0421. The van der Waals surface area contributed by atoms with E-state index in [-0.39, 0.29) is 5.56 Å². The van der Waals surface area contributed by atoms with E-state index in [9.17, 15) is 4.79 Å². The number of aryl methyl sites for hydroxylation is 1. The Bertz CT molecular complexity index is 1180. The first-order valence-corrected chi connectivity index (χ1v) is 11.6. The van der Waals surface area contributed by atoms with Gasteiger partial charge in [-0.15, -0.1) is 0 Å². The number of rotatable bonds is 6. The fourth-order valence-corrected chi connectivity index (χ4v) is 3.54. The lowest BCUT2D eigenvalue weighted by atomic mass is 10.0. The SMILES string of the molecule is CC(C)c1ccc(Cn2ccccc2=O)cc1.Cc1cnn(Cc2ccc(C(C)C)cc2)c1. The van der Waals surface area contributed by atoms with Crippen molar-refractivity contribution in [1.29, 1.82) is 0 Å². The van der Waals surface area contributed by atoms with Crippen LogP contribution < -0.4 is 5.56 Å². The third-order valence-electron chi connectivity index (χ3n) is 5.65. The van der Waals surface area contributed by atoms with Crippen LogP contribution in [-0.2, 0) is 13.1 Å². The Hall–Kier alpha value is -3.40. The normalized spacial score (nSPS) is 10.9. The zero-order valence-electron chi connectivity index (χ0n) is 20.4. The maximum atomic E-state index is 11.6. The summed E-state index contributed by atoms with van der Waals surface area (Å²) in [6, 6.07) is 22.5. The summed E-state index contributed by atoms with van der Waals surface area (Å²) in [6.07, 6.45) is 5.78. The molecule has 0 spiro atoms. The summed E-state index contributed by atoms with van der Waals surface area (Å²) in [5.74, 6) is 1.14. The maximum absolute atomic E-state index is 11.6. The Labute approximate surface area is 197 Å². The number of nitrogens with zero attached hydrogens (tertiary/aromatic N) is 3. The fourth-order valence-electron chi connectivity index (χ4n) is 3.54. The van der Waals surface area contributed by atoms with Crippen LogP contribution in [0.4, 0.5) is 0 Å². The van der Waals surface area contributed by atoms with Gasteiger partial charge in [0.05, 0.1) is 19.3 Å². The van der Waals surface area contributed by atoms with Gasteiger partial charge in [0.2, 0.25) is 0 Å². The highest BCUT2D eigenvalue weighted by molar-refractivity contribution is 5.26. The van der Waals surface area contributed by atoms with Gasteiger partial charge in [0.1, 0.15) is 0 Å². The van der Waals surface area contributed by atoms with E-state index in [1.54, 1.807) is 16.7 Å². The van der Waals surface area contributed by atoms with E-state index in [4.69, 9.17) is 0 Å². The van der Waals surface area contributed by atoms with Crippen LogP contribution in [0.1, 0.15) is 67.3 Å². The van der Waals surface area contributed by atoms with E-state index in [1.165, 1.54) is 22.3 Å². The van der Waals surface area contributed by atoms with Crippen molar-refractivity contribution in [2.75, 3.05) is 0 Å². The second-order valence-electron chi connectivity index (χ2n) is 9.17. The molecule has 0 bridgehead atoms. The first-order valence-electron chi connectivity index (χ1n) is 11.6. The molecule has 2 aromatic carbocycles. The monoisotopic (exact) mass is 441 g/mol. The lowest BCUT2D eigenvalue weighted by Crippen LogP contribution is -2.18. The first-order chi connectivity index (χ1) is 15.8. The molecule has 4 nitrogen and oxygen atoms in total. The third kappa shape index (κ3) is 7.31. The Morgan fingerprint density at radius 1 is 0.758 bits per heavy atom. The summed E-state index contributed by atoms with van der Waals surface area (Å²) in [5, 5.41) is 4.29. The fraction of sp³-hybridized carbons (Fsp3) is 0.310. The molecule has 0 atom stereocenters. The summed E-state index contributed by atoms with van der Waals surface area (Å²) < 4.78 is 3.68. The molecule has 4 heteroatoms. The smallest absolute Gasteiger partial charge is 0.250 e. The molecule has 2 aromatic heterocycles. The van der Waals surface area contributed by atoms with Gasteiger partial charge in [-0.05, 0) is 52.6 Å². The molecule has 2 heterocycles. The van der Waals surface area contributed by atoms with Crippen LogP contribution in [0.3, 0.4) is 0 Å². The van der Waals surface area contributed by atoms with Crippen molar-refractivity contribution in [2.45, 2.75) is 59.5 Å². The third-order valence-corrected chi connectivity index (χ3v) is 5.65. The molecule has 0 unspecified atom stereocenters. The molecule has 0 radical (unpaired) electrons. The van der Waals surface area contributed by atoms with Gasteiger partial charge in [0.25, 0.3) is 5.56 Å². The van der Waals surface area contributed by atoms with Crippen LogP contribution in [0.25, 0.3) is 0 Å². The van der Waals surface area contributed by atoms with Crippen LogP contribution in [0.2, 0.25) is 0 Å². The minimum Gasteiger partial charge on any atom is -0.311 e. The predicted molar refractivity (Wildman–Crippen MR) is 137 cm³/mol. The van der Waals surface area contributed by atoms with Crippen molar-refractivity contribution in [3.8, 4) is 0 Å². The average Bonchev–Trinajstić information content (AvgIpc) is 3.21. The Morgan fingerprint density at radius 3 is 1.76 bits per heavy atom. The second kappa shape index (κ2) is 11.5. The maximum Gasteiger partial charge on any atom is 0.250 e.